The summed E-state index contributed by atoms with van der Waals surface area (Å²) in [4.78, 5) is 12.9. The van der Waals surface area contributed by atoms with Crippen molar-refractivity contribution in [2.75, 3.05) is 26.2 Å². The number of piperazine rings is 1. The molecule has 1 aliphatic heterocycles. The molecule has 22 heavy (non-hydrogen) atoms. The molecule has 0 spiro atoms. The summed E-state index contributed by atoms with van der Waals surface area (Å²) in [5.41, 5.74) is 4.09. The summed E-state index contributed by atoms with van der Waals surface area (Å²) in [6.45, 7) is 4.18. The molecule has 1 saturated heterocycles. The Kier molecular flexibility index (Phi) is 4.81. The van der Waals surface area contributed by atoms with E-state index in [1.807, 2.05) is 0 Å². The van der Waals surface area contributed by atoms with Crippen LogP contribution in [-0.4, -0.2) is 36.1 Å². The van der Waals surface area contributed by atoms with E-state index < -0.39 is 0 Å². The first-order valence-corrected chi connectivity index (χ1v) is 7.76. The Bertz CT molecular complexity index is 607. The predicted octanol–water partition coefficient (Wildman–Crippen LogP) is 3.08. The summed E-state index contributed by atoms with van der Waals surface area (Å²) in [5, 5.41) is 4.62. The van der Waals surface area contributed by atoms with Gasteiger partial charge < -0.3 is 0 Å². The third-order valence-corrected chi connectivity index (χ3v) is 4.21. The molecule has 2 aromatic carbocycles. The number of nitroso groups, excluding NO2 is 1. The SMILES string of the molecule is O=NN1CCN(Cc2ccccc2Cc2ccccc2)CC1. The fraction of sp³-hybridized carbons (Fsp3) is 0.333. The summed E-state index contributed by atoms with van der Waals surface area (Å²) in [7, 11) is 0. The lowest BCUT2D eigenvalue weighted by molar-refractivity contribution is 0.129. The highest BCUT2D eigenvalue weighted by Crippen LogP contribution is 2.17. The number of benzene rings is 2. The molecule has 114 valence electrons. The highest BCUT2D eigenvalue weighted by Gasteiger charge is 2.17. The zero-order valence-corrected chi connectivity index (χ0v) is 12.7. The first kappa shape index (κ1) is 14.7. The van der Waals surface area contributed by atoms with E-state index in [2.05, 4.69) is 64.8 Å². The second-order valence-electron chi connectivity index (χ2n) is 5.74. The van der Waals surface area contributed by atoms with Gasteiger partial charge in [0.1, 0.15) is 0 Å². The van der Waals surface area contributed by atoms with E-state index in [1.54, 1.807) is 5.01 Å². The van der Waals surface area contributed by atoms with Crippen LogP contribution in [0.3, 0.4) is 0 Å². The van der Waals surface area contributed by atoms with Crippen LogP contribution >= 0.6 is 0 Å². The van der Waals surface area contributed by atoms with Crippen molar-refractivity contribution in [1.82, 2.24) is 9.91 Å². The maximum atomic E-state index is 10.5. The van der Waals surface area contributed by atoms with Crippen LogP contribution in [0, 0.1) is 4.91 Å². The van der Waals surface area contributed by atoms with Crippen molar-refractivity contribution in [3.63, 3.8) is 0 Å². The molecule has 0 saturated carbocycles. The van der Waals surface area contributed by atoms with Crippen LogP contribution in [0.1, 0.15) is 16.7 Å². The Morgan fingerprint density at radius 1 is 0.818 bits per heavy atom. The molecule has 1 fully saturated rings. The largest absolute Gasteiger partial charge is 0.295 e. The lowest BCUT2D eigenvalue weighted by atomic mass is 9.99. The summed E-state index contributed by atoms with van der Waals surface area (Å²) in [6, 6.07) is 19.2. The van der Waals surface area contributed by atoms with Crippen LogP contribution in [0.25, 0.3) is 0 Å². The molecule has 0 atom stereocenters. The van der Waals surface area contributed by atoms with Crippen LogP contribution in [0.2, 0.25) is 0 Å². The molecule has 1 aliphatic rings. The molecule has 4 nitrogen and oxygen atoms in total. The van der Waals surface area contributed by atoms with Crippen LogP contribution in [0.5, 0.6) is 0 Å². The molecular weight excluding hydrogens is 274 g/mol. The monoisotopic (exact) mass is 295 g/mol. The van der Waals surface area contributed by atoms with Gasteiger partial charge in [0, 0.05) is 19.6 Å². The Labute approximate surface area is 131 Å². The highest BCUT2D eigenvalue weighted by atomic mass is 16.3. The third-order valence-electron chi connectivity index (χ3n) is 4.21. The second-order valence-corrected chi connectivity index (χ2v) is 5.74. The normalized spacial score (nSPS) is 15.7. The summed E-state index contributed by atoms with van der Waals surface area (Å²) >= 11 is 0. The zero-order chi connectivity index (χ0) is 15.2. The molecule has 0 aliphatic carbocycles. The number of nitrogens with zero attached hydrogens (tertiary/aromatic N) is 3. The van der Waals surface area contributed by atoms with Crippen LogP contribution < -0.4 is 0 Å². The second kappa shape index (κ2) is 7.18. The van der Waals surface area contributed by atoms with E-state index in [9.17, 15) is 4.91 Å². The van der Waals surface area contributed by atoms with Crippen LogP contribution in [0.15, 0.2) is 59.9 Å². The predicted molar refractivity (Wildman–Crippen MR) is 88.3 cm³/mol. The Morgan fingerprint density at radius 3 is 2.14 bits per heavy atom. The molecule has 4 heteroatoms. The van der Waals surface area contributed by atoms with E-state index in [0.29, 0.717) is 0 Å². The van der Waals surface area contributed by atoms with Gasteiger partial charge in [-0.2, -0.15) is 0 Å². The molecule has 0 bridgehead atoms. The van der Waals surface area contributed by atoms with Gasteiger partial charge in [-0.05, 0) is 23.1 Å². The number of hydrogen-bond acceptors (Lipinski definition) is 3. The minimum absolute atomic E-state index is 0.727. The average molecular weight is 295 g/mol. The summed E-state index contributed by atoms with van der Waals surface area (Å²) < 4.78 is 0. The number of hydrogen-bond donors (Lipinski definition) is 0. The lowest BCUT2D eigenvalue weighted by Crippen LogP contribution is -2.43. The van der Waals surface area contributed by atoms with Crippen LogP contribution in [-0.2, 0) is 13.0 Å². The van der Waals surface area contributed by atoms with E-state index in [1.165, 1.54) is 16.7 Å². The molecule has 0 unspecified atom stereocenters. The minimum atomic E-state index is 0.727. The topological polar surface area (TPSA) is 35.9 Å². The van der Waals surface area contributed by atoms with Gasteiger partial charge in [-0.25, -0.2) is 0 Å². The minimum Gasteiger partial charge on any atom is -0.295 e. The third kappa shape index (κ3) is 3.71. The zero-order valence-electron chi connectivity index (χ0n) is 12.7. The molecular formula is C18H21N3O. The van der Waals surface area contributed by atoms with Crippen molar-refractivity contribution in [3.05, 3.63) is 76.2 Å². The summed E-state index contributed by atoms with van der Waals surface area (Å²) in [5.74, 6) is 0. The first-order chi connectivity index (χ1) is 10.8. The van der Waals surface area contributed by atoms with Gasteiger partial charge in [0.25, 0.3) is 0 Å². The van der Waals surface area contributed by atoms with Crippen molar-refractivity contribution in [2.24, 2.45) is 5.29 Å². The molecule has 0 aromatic heterocycles. The fourth-order valence-corrected chi connectivity index (χ4v) is 2.92. The van der Waals surface area contributed by atoms with Crippen LogP contribution in [0.4, 0.5) is 0 Å². The van der Waals surface area contributed by atoms with Gasteiger partial charge in [0.05, 0.1) is 18.4 Å². The summed E-state index contributed by atoms with van der Waals surface area (Å²) in [6.07, 6.45) is 0.965. The molecule has 0 radical (unpaired) electrons. The quantitative estimate of drug-likeness (QED) is 0.795. The highest BCUT2D eigenvalue weighted by molar-refractivity contribution is 5.32. The van der Waals surface area contributed by atoms with E-state index in [4.69, 9.17) is 0 Å². The van der Waals surface area contributed by atoms with Gasteiger partial charge in [0.2, 0.25) is 0 Å². The fourth-order valence-electron chi connectivity index (χ4n) is 2.92. The van der Waals surface area contributed by atoms with Gasteiger partial charge in [-0.1, -0.05) is 54.6 Å². The van der Waals surface area contributed by atoms with E-state index in [0.717, 1.165) is 39.1 Å². The smallest absolute Gasteiger partial charge is 0.0524 e. The molecule has 2 aromatic rings. The van der Waals surface area contributed by atoms with E-state index >= 15 is 0 Å². The molecule has 0 N–H and O–H groups in total. The van der Waals surface area contributed by atoms with Gasteiger partial charge in [0.15, 0.2) is 0 Å². The standard InChI is InChI=1S/C18H21N3O/c22-19-21-12-10-20(11-13-21)15-18-9-5-4-8-17(18)14-16-6-2-1-3-7-16/h1-9H,10-15H2. The number of rotatable bonds is 5. The Morgan fingerprint density at radius 2 is 1.45 bits per heavy atom. The molecule has 3 rings (SSSR count). The maximum absolute atomic E-state index is 10.5. The van der Waals surface area contributed by atoms with Crippen molar-refractivity contribution in [1.29, 1.82) is 0 Å². The van der Waals surface area contributed by atoms with Gasteiger partial charge in [-0.3, -0.25) is 9.91 Å². The van der Waals surface area contributed by atoms with Crippen molar-refractivity contribution < 1.29 is 0 Å². The lowest BCUT2D eigenvalue weighted by Gasteiger charge is -2.31. The van der Waals surface area contributed by atoms with Gasteiger partial charge in [-0.15, -0.1) is 4.91 Å². The van der Waals surface area contributed by atoms with E-state index in [-0.39, 0.29) is 0 Å². The van der Waals surface area contributed by atoms with Gasteiger partial charge >= 0.3 is 0 Å². The van der Waals surface area contributed by atoms with Crippen molar-refractivity contribution >= 4 is 0 Å². The molecule has 0 amide bonds. The average Bonchev–Trinajstić information content (AvgIpc) is 2.58. The Hall–Kier alpha value is -2.20. The molecule has 1 heterocycles. The maximum Gasteiger partial charge on any atom is 0.0524 e. The Balaban J connectivity index is 1.68. The first-order valence-electron chi connectivity index (χ1n) is 7.76. The van der Waals surface area contributed by atoms with Crippen molar-refractivity contribution in [2.45, 2.75) is 13.0 Å². The van der Waals surface area contributed by atoms with Crippen molar-refractivity contribution in [3.8, 4) is 0 Å².